The van der Waals surface area contributed by atoms with Gasteiger partial charge in [-0.15, -0.1) is 0 Å². The maximum absolute atomic E-state index is 0. The molecule has 0 amide bonds. The van der Waals surface area contributed by atoms with Crippen LogP contribution in [0.4, 0.5) is 0 Å². The van der Waals surface area contributed by atoms with Crippen LogP contribution in [-0.4, -0.2) is 55.9 Å². The standard InChI is InChI=1S/Mg.6H2O/h;6*1H2/q+2;;;;;;/p-3. The van der Waals surface area contributed by atoms with Gasteiger partial charge in [0.2, 0.25) is 0 Å². The Balaban J connectivity index is 0. The summed E-state index contributed by atoms with van der Waals surface area (Å²) in [5, 5.41) is 0. The Hall–Kier alpha value is 0.526. The predicted molar refractivity (Wildman–Crippen MR) is 22.4 cm³/mol. The summed E-state index contributed by atoms with van der Waals surface area (Å²) in [6.07, 6.45) is 0. The molecule has 0 aromatic carbocycles. The summed E-state index contributed by atoms with van der Waals surface area (Å²) in [4.78, 5) is 0. The largest absolute Gasteiger partial charge is 2.00 e. The maximum Gasteiger partial charge on any atom is 2.00 e. The van der Waals surface area contributed by atoms with Crippen molar-refractivity contribution in [2.75, 3.05) is 0 Å². The summed E-state index contributed by atoms with van der Waals surface area (Å²) in [5.41, 5.74) is 0. The number of hydrogen-bond acceptors (Lipinski definition) is 3. The molecule has 7 heavy (non-hydrogen) atoms. The van der Waals surface area contributed by atoms with Crippen LogP contribution in [-0.2, 0) is 0 Å². The molecule has 0 fully saturated rings. The van der Waals surface area contributed by atoms with Gasteiger partial charge in [-0.2, -0.15) is 0 Å². The van der Waals surface area contributed by atoms with Gasteiger partial charge in [0.1, 0.15) is 0 Å². The fourth-order valence-electron chi connectivity index (χ4n) is 0. The van der Waals surface area contributed by atoms with Gasteiger partial charge in [-0.25, -0.2) is 0 Å². The topological polar surface area (TPSA) is 184 Å². The predicted octanol–water partition coefficient (Wildman–Crippen LogP) is -3.39. The third kappa shape index (κ3) is 483. The van der Waals surface area contributed by atoms with Gasteiger partial charge in [-0.3, -0.25) is 0 Å². The van der Waals surface area contributed by atoms with E-state index < -0.39 is 0 Å². The van der Waals surface area contributed by atoms with Crippen molar-refractivity contribution in [3.8, 4) is 0 Å². The van der Waals surface area contributed by atoms with Crippen molar-refractivity contribution in [3.05, 3.63) is 0 Å². The first kappa shape index (κ1) is 1160. The van der Waals surface area contributed by atoms with Crippen molar-refractivity contribution in [2.24, 2.45) is 0 Å². The van der Waals surface area contributed by atoms with Gasteiger partial charge >= 0.3 is 23.1 Å². The summed E-state index contributed by atoms with van der Waals surface area (Å²) in [6, 6.07) is 0. The molecule has 0 saturated heterocycles. The third-order valence-corrected chi connectivity index (χ3v) is 0. The normalized spacial score (nSPS) is 0. The molecule has 7 heteroatoms. The molecule has 0 aromatic heterocycles. The van der Waals surface area contributed by atoms with Gasteiger partial charge in [-0.1, -0.05) is 0 Å². The van der Waals surface area contributed by atoms with E-state index in [1.807, 2.05) is 0 Å². The summed E-state index contributed by atoms with van der Waals surface area (Å²) < 4.78 is 0. The summed E-state index contributed by atoms with van der Waals surface area (Å²) in [6.45, 7) is 0. The van der Waals surface area contributed by atoms with Crippen molar-refractivity contribution < 1.29 is 32.9 Å². The Morgan fingerprint density at radius 1 is 0.429 bits per heavy atom. The molecule has 0 rings (SSSR count). The molecule has 0 aromatic rings. The van der Waals surface area contributed by atoms with E-state index in [0.717, 1.165) is 0 Å². The number of hydrogen-bond donors (Lipinski definition) is 0. The van der Waals surface area contributed by atoms with Crippen LogP contribution in [0.3, 0.4) is 0 Å². The average Bonchev–Trinajstić information content (AvgIpc) is 0. The Morgan fingerprint density at radius 3 is 0.429 bits per heavy atom. The van der Waals surface area contributed by atoms with Gasteiger partial charge in [0.05, 0.1) is 0 Å². The van der Waals surface area contributed by atoms with Gasteiger partial charge in [0.25, 0.3) is 0 Å². The molecule has 9 N–H and O–H groups in total. The van der Waals surface area contributed by atoms with Crippen LogP contribution in [0.5, 0.6) is 0 Å². The minimum atomic E-state index is 0. The molecule has 0 bridgehead atoms. The monoisotopic (exact) mass is 129 g/mol. The van der Waals surface area contributed by atoms with Crippen molar-refractivity contribution in [2.45, 2.75) is 0 Å². The van der Waals surface area contributed by atoms with Gasteiger partial charge in [0, 0.05) is 0 Å². The summed E-state index contributed by atoms with van der Waals surface area (Å²) in [7, 11) is 0. The van der Waals surface area contributed by atoms with Gasteiger partial charge < -0.3 is 32.9 Å². The fraction of sp³-hybridized carbons (Fsp3) is 0. The third-order valence-electron chi connectivity index (χ3n) is 0. The Morgan fingerprint density at radius 2 is 0.429 bits per heavy atom. The minimum absolute atomic E-state index is 0. The molecule has 0 aliphatic heterocycles. The molecule has 6 nitrogen and oxygen atoms in total. The molecule has 0 heterocycles. The van der Waals surface area contributed by atoms with E-state index in [-0.39, 0.29) is 55.9 Å². The zero-order valence-corrected chi connectivity index (χ0v) is 4.96. The molecular weight excluding hydrogens is 120 g/mol. The van der Waals surface area contributed by atoms with Crippen molar-refractivity contribution in [1.29, 1.82) is 0 Å². The second-order valence-electron chi connectivity index (χ2n) is 0. The Kier molecular flexibility index (Phi) is 119000. The Labute approximate surface area is 56.5 Å². The first-order chi connectivity index (χ1) is 0. The number of rotatable bonds is 0. The fourth-order valence-corrected chi connectivity index (χ4v) is 0. The van der Waals surface area contributed by atoms with E-state index >= 15 is 0 Å². The maximum atomic E-state index is 0. The smallest absolute Gasteiger partial charge is 0.870 e. The van der Waals surface area contributed by atoms with Crippen LogP contribution in [0.25, 0.3) is 0 Å². The van der Waals surface area contributed by atoms with Crippen LogP contribution in [0, 0.1) is 0 Å². The average molecular weight is 129 g/mol. The van der Waals surface area contributed by atoms with Crippen molar-refractivity contribution in [1.82, 2.24) is 0 Å². The quantitative estimate of drug-likeness (QED) is 0.309. The van der Waals surface area contributed by atoms with Crippen LogP contribution in [0.15, 0.2) is 0 Å². The van der Waals surface area contributed by atoms with Gasteiger partial charge in [-0.05, 0) is 0 Å². The van der Waals surface area contributed by atoms with E-state index in [0.29, 0.717) is 0 Å². The zero-order valence-electron chi connectivity index (χ0n) is 3.55. The molecule has 48 valence electrons. The van der Waals surface area contributed by atoms with Crippen LogP contribution in [0.1, 0.15) is 0 Å². The van der Waals surface area contributed by atoms with Crippen LogP contribution < -0.4 is 0 Å². The molecular formula is H9MgO6-. The first-order valence-corrected chi connectivity index (χ1v) is 0. The van der Waals surface area contributed by atoms with E-state index in [4.69, 9.17) is 0 Å². The van der Waals surface area contributed by atoms with E-state index in [1.165, 1.54) is 0 Å². The summed E-state index contributed by atoms with van der Waals surface area (Å²) in [5.74, 6) is 0. The van der Waals surface area contributed by atoms with Gasteiger partial charge in [0.15, 0.2) is 0 Å². The second kappa shape index (κ2) is 720. The van der Waals surface area contributed by atoms with E-state index in [9.17, 15) is 0 Å². The molecule has 0 unspecified atom stereocenters. The van der Waals surface area contributed by atoms with Crippen LogP contribution >= 0.6 is 0 Å². The molecule has 0 aliphatic rings. The molecule has 0 atom stereocenters. The molecule has 0 spiro atoms. The minimum Gasteiger partial charge on any atom is -0.870 e. The SMILES string of the molecule is O.O.O.[Mg+2].[OH-].[OH-].[OH-]. The van der Waals surface area contributed by atoms with Crippen molar-refractivity contribution in [3.63, 3.8) is 0 Å². The first-order valence-electron chi connectivity index (χ1n) is 0. The van der Waals surface area contributed by atoms with Crippen molar-refractivity contribution >= 4 is 23.1 Å². The van der Waals surface area contributed by atoms with E-state index in [1.54, 1.807) is 0 Å². The molecule has 0 radical (unpaired) electrons. The summed E-state index contributed by atoms with van der Waals surface area (Å²) >= 11 is 0. The molecule has 0 saturated carbocycles. The second-order valence-corrected chi connectivity index (χ2v) is 0. The van der Waals surface area contributed by atoms with Crippen LogP contribution in [0.2, 0.25) is 0 Å². The molecule has 0 aliphatic carbocycles. The Bertz CT molecular complexity index is 4.14. The van der Waals surface area contributed by atoms with E-state index in [2.05, 4.69) is 0 Å². The zero-order chi connectivity index (χ0) is 0.